The van der Waals surface area contributed by atoms with Gasteiger partial charge in [-0.15, -0.1) is 0 Å². The second-order valence-corrected chi connectivity index (χ2v) is 6.16. The SMILES string of the molecule is O=C1NC(=O)c2c1c(Sc1ccccc1)cc1ccccc21. The molecule has 0 saturated carbocycles. The Morgan fingerprint density at radius 1 is 0.773 bits per heavy atom. The van der Waals surface area contributed by atoms with Gasteiger partial charge in [-0.1, -0.05) is 54.2 Å². The standard InChI is InChI=1S/C18H11NO2S/c20-17-15-13-9-5-4-6-11(13)10-14(16(15)18(21)19-17)22-12-7-2-1-3-8-12/h1-10H,(H,19,20,21). The lowest BCUT2D eigenvalue weighted by Crippen LogP contribution is -2.20. The summed E-state index contributed by atoms with van der Waals surface area (Å²) in [4.78, 5) is 26.2. The van der Waals surface area contributed by atoms with E-state index in [1.54, 1.807) is 0 Å². The molecule has 0 fully saturated rings. The highest BCUT2D eigenvalue weighted by Gasteiger charge is 2.32. The highest BCUT2D eigenvalue weighted by Crippen LogP contribution is 2.37. The minimum absolute atomic E-state index is 0.313. The molecule has 0 unspecified atom stereocenters. The van der Waals surface area contributed by atoms with E-state index in [1.807, 2.05) is 60.7 Å². The van der Waals surface area contributed by atoms with Gasteiger partial charge in [0.15, 0.2) is 0 Å². The molecule has 22 heavy (non-hydrogen) atoms. The lowest BCUT2D eigenvalue weighted by Gasteiger charge is -2.09. The third-order valence-electron chi connectivity index (χ3n) is 3.67. The number of imide groups is 1. The fourth-order valence-corrected chi connectivity index (χ4v) is 3.74. The molecule has 0 saturated heterocycles. The van der Waals surface area contributed by atoms with E-state index in [2.05, 4.69) is 5.32 Å². The van der Waals surface area contributed by atoms with Gasteiger partial charge >= 0.3 is 0 Å². The summed E-state index contributed by atoms with van der Waals surface area (Å²) in [6.45, 7) is 0. The summed E-state index contributed by atoms with van der Waals surface area (Å²) >= 11 is 1.50. The quantitative estimate of drug-likeness (QED) is 0.731. The fourth-order valence-electron chi connectivity index (χ4n) is 2.71. The summed E-state index contributed by atoms with van der Waals surface area (Å²) in [5, 5.41) is 4.19. The van der Waals surface area contributed by atoms with Crippen molar-refractivity contribution in [1.82, 2.24) is 5.32 Å². The summed E-state index contributed by atoms with van der Waals surface area (Å²) in [7, 11) is 0. The summed E-state index contributed by atoms with van der Waals surface area (Å²) in [6.07, 6.45) is 0. The topological polar surface area (TPSA) is 46.2 Å². The van der Waals surface area contributed by atoms with Crippen LogP contribution in [0.3, 0.4) is 0 Å². The van der Waals surface area contributed by atoms with Crippen molar-refractivity contribution in [3.63, 3.8) is 0 Å². The Hall–Kier alpha value is -2.59. The Morgan fingerprint density at radius 2 is 1.45 bits per heavy atom. The molecule has 0 radical (unpaired) electrons. The Kier molecular flexibility index (Phi) is 2.98. The molecular formula is C18H11NO2S. The molecule has 1 aliphatic heterocycles. The van der Waals surface area contributed by atoms with Gasteiger partial charge in [0.25, 0.3) is 11.8 Å². The van der Waals surface area contributed by atoms with Crippen LogP contribution in [0.15, 0.2) is 70.5 Å². The minimum atomic E-state index is -0.316. The van der Waals surface area contributed by atoms with E-state index in [0.29, 0.717) is 11.1 Å². The van der Waals surface area contributed by atoms with E-state index in [0.717, 1.165) is 20.6 Å². The molecule has 0 atom stereocenters. The van der Waals surface area contributed by atoms with Gasteiger partial charge < -0.3 is 0 Å². The molecule has 1 aliphatic rings. The Labute approximate surface area is 131 Å². The smallest absolute Gasteiger partial charge is 0.260 e. The van der Waals surface area contributed by atoms with Crippen molar-refractivity contribution < 1.29 is 9.59 Å². The molecule has 0 spiro atoms. The molecule has 0 bridgehead atoms. The van der Waals surface area contributed by atoms with Crippen LogP contribution in [0.2, 0.25) is 0 Å². The molecule has 1 heterocycles. The van der Waals surface area contributed by atoms with Gasteiger partial charge in [0.1, 0.15) is 0 Å². The zero-order chi connectivity index (χ0) is 15.1. The number of carbonyl (C=O) groups is 2. The number of hydrogen-bond acceptors (Lipinski definition) is 3. The van der Waals surface area contributed by atoms with E-state index in [4.69, 9.17) is 0 Å². The normalized spacial score (nSPS) is 13.3. The first kappa shape index (κ1) is 13.1. The maximum absolute atomic E-state index is 12.2. The fraction of sp³-hybridized carbons (Fsp3) is 0. The number of rotatable bonds is 2. The second kappa shape index (κ2) is 5.00. The summed E-state index contributed by atoms with van der Waals surface area (Å²) in [5.41, 5.74) is 0.971. The lowest BCUT2D eigenvalue weighted by molar-refractivity contribution is 0.0879. The van der Waals surface area contributed by atoms with Crippen molar-refractivity contribution >= 4 is 34.3 Å². The number of hydrogen-bond donors (Lipinski definition) is 1. The molecule has 0 aromatic heterocycles. The van der Waals surface area contributed by atoms with Crippen LogP contribution < -0.4 is 5.32 Å². The predicted octanol–water partition coefficient (Wildman–Crippen LogP) is 3.87. The van der Waals surface area contributed by atoms with Crippen LogP contribution in [0.5, 0.6) is 0 Å². The van der Waals surface area contributed by atoms with E-state index < -0.39 is 0 Å². The van der Waals surface area contributed by atoms with Crippen LogP contribution in [0.25, 0.3) is 10.8 Å². The van der Waals surface area contributed by atoms with E-state index in [-0.39, 0.29) is 11.8 Å². The third kappa shape index (κ3) is 2.00. The maximum atomic E-state index is 12.2. The molecular weight excluding hydrogens is 294 g/mol. The minimum Gasteiger partial charge on any atom is -0.288 e. The Balaban J connectivity index is 1.97. The van der Waals surface area contributed by atoms with Crippen molar-refractivity contribution in [3.05, 3.63) is 71.8 Å². The Morgan fingerprint density at radius 3 is 2.27 bits per heavy atom. The van der Waals surface area contributed by atoms with E-state index in [1.165, 1.54) is 11.8 Å². The predicted molar refractivity (Wildman–Crippen MR) is 86.3 cm³/mol. The summed E-state index contributed by atoms with van der Waals surface area (Å²) in [5.74, 6) is -0.629. The first-order valence-corrected chi connectivity index (χ1v) is 7.70. The van der Waals surface area contributed by atoms with Gasteiger partial charge in [-0.3, -0.25) is 14.9 Å². The largest absolute Gasteiger partial charge is 0.288 e. The van der Waals surface area contributed by atoms with Crippen LogP contribution in [0.1, 0.15) is 20.7 Å². The monoisotopic (exact) mass is 305 g/mol. The molecule has 0 aliphatic carbocycles. The molecule has 1 N–H and O–H groups in total. The van der Waals surface area contributed by atoms with Crippen LogP contribution in [-0.2, 0) is 0 Å². The molecule has 2 amide bonds. The average Bonchev–Trinajstić information content (AvgIpc) is 2.84. The number of carbonyl (C=O) groups excluding carboxylic acids is 2. The van der Waals surface area contributed by atoms with Crippen molar-refractivity contribution in [2.75, 3.05) is 0 Å². The van der Waals surface area contributed by atoms with Crippen LogP contribution in [0.4, 0.5) is 0 Å². The van der Waals surface area contributed by atoms with Crippen LogP contribution >= 0.6 is 11.8 Å². The molecule has 3 aromatic carbocycles. The first-order chi connectivity index (χ1) is 10.7. The molecule has 4 rings (SSSR count). The lowest BCUT2D eigenvalue weighted by atomic mass is 10.0. The third-order valence-corrected chi connectivity index (χ3v) is 4.72. The average molecular weight is 305 g/mol. The van der Waals surface area contributed by atoms with Crippen LogP contribution in [-0.4, -0.2) is 11.8 Å². The molecule has 3 aromatic rings. The van der Waals surface area contributed by atoms with Gasteiger partial charge in [-0.05, 0) is 29.0 Å². The van der Waals surface area contributed by atoms with E-state index >= 15 is 0 Å². The van der Waals surface area contributed by atoms with Gasteiger partial charge in [0.05, 0.1) is 11.1 Å². The molecule has 3 nitrogen and oxygen atoms in total. The zero-order valence-electron chi connectivity index (χ0n) is 11.5. The van der Waals surface area contributed by atoms with Crippen molar-refractivity contribution in [2.24, 2.45) is 0 Å². The van der Waals surface area contributed by atoms with Gasteiger partial charge in [0.2, 0.25) is 0 Å². The number of nitrogens with one attached hydrogen (secondary N) is 1. The van der Waals surface area contributed by atoms with Crippen molar-refractivity contribution in [3.8, 4) is 0 Å². The number of amides is 2. The highest BCUT2D eigenvalue weighted by molar-refractivity contribution is 7.99. The molecule has 4 heteroatoms. The van der Waals surface area contributed by atoms with Crippen LogP contribution in [0, 0.1) is 0 Å². The maximum Gasteiger partial charge on any atom is 0.260 e. The van der Waals surface area contributed by atoms with Gasteiger partial charge in [-0.25, -0.2) is 0 Å². The number of fused-ring (bicyclic) bond motifs is 3. The summed E-state index contributed by atoms with van der Waals surface area (Å²) in [6, 6.07) is 19.5. The van der Waals surface area contributed by atoms with Crippen molar-refractivity contribution in [2.45, 2.75) is 9.79 Å². The second-order valence-electron chi connectivity index (χ2n) is 5.04. The number of benzene rings is 3. The highest BCUT2D eigenvalue weighted by atomic mass is 32.2. The zero-order valence-corrected chi connectivity index (χ0v) is 12.3. The molecule has 106 valence electrons. The summed E-state index contributed by atoms with van der Waals surface area (Å²) < 4.78 is 0. The van der Waals surface area contributed by atoms with Gasteiger partial charge in [-0.2, -0.15) is 0 Å². The van der Waals surface area contributed by atoms with E-state index in [9.17, 15) is 9.59 Å². The Bertz CT molecular complexity index is 919. The van der Waals surface area contributed by atoms with Gasteiger partial charge in [0, 0.05) is 9.79 Å². The first-order valence-electron chi connectivity index (χ1n) is 6.88. The van der Waals surface area contributed by atoms with Crippen molar-refractivity contribution in [1.29, 1.82) is 0 Å².